The van der Waals surface area contributed by atoms with Gasteiger partial charge in [-0.05, 0) is 56.2 Å². The van der Waals surface area contributed by atoms with E-state index in [9.17, 15) is 20.1 Å². The van der Waals surface area contributed by atoms with E-state index < -0.39 is 36.9 Å². The fourth-order valence-corrected chi connectivity index (χ4v) is 4.79. The van der Waals surface area contributed by atoms with E-state index in [2.05, 4.69) is 0 Å². The topological polar surface area (TPSA) is 146 Å². The molecular formula is C28H32O11. The number of hydrogen-bond acceptors (Lipinski definition) is 11. The van der Waals surface area contributed by atoms with Crippen LogP contribution in [0.5, 0.6) is 11.5 Å². The number of phenols is 1. The van der Waals surface area contributed by atoms with Crippen LogP contribution in [0.15, 0.2) is 53.1 Å². The van der Waals surface area contributed by atoms with Crippen LogP contribution in [0.1, 0.15) is 36.2 Å². The standard InChI is InChI=1S/C28H32O11/c1-3-34-28(35-4-2)36-15-22-26(39-28)24(31)25(32)27(38-22)37-21-7-5-6-18(29)23(21)19(30)10-8-16-9-11-20-17(14-16)12-13-33-20/h5-7,9,11-14,22,24-27,29,31-32H,3-4,8,10,15H2,1-2H3/t22-,24-,25-,26-,27-/m1/s1. The highest BCUT2D eigenvalue weighted by Crippen LogP contribution is 2.37. The Bertz CT molecular complexity index is 1280. The van der Waals surface area contributed by atoms with Gasteiger partial charge in [0, 0.05) is 11.8 Å². The molecule has 5 rings (SSSR count). The van der Waals surface area contributed by atoms with Crippen LogP contribution in [-0.4, -0.2) is 77.8 Å². The number of benzene rings is 2. The number of Topliss-reactive ketones (excluding diaryl/α,β-unsaturated/α-hetero) is 1. The van der Waals surface area contributed by atoms with Crippen LogP contribution < -0.4 is 4.74 Å². The molecule has 2 aliphatic heterocycles. The smallest absolute Gasteiger partial charge is 0.413 e. The minimum atomic E-state index is -1.82. The number of fused-ring (bicyclic) bond motifs is 2. The molecule has 2 aliphatic rings. The number of phenolic OH excluding ortho intramolecular Hbond substituents is 1. The zero-order chi connectivity index (χ0) is 27.6. The number of carbonyl (C=O) groups is 1. The van der Waals surface area contributed by atoms with Crippen molar-refractivity contribution in [2.75, 3.05) is 19.8 Å². The van der Waals surface area contributed by atoms with E-state index in [0.29, 0.717) is 6.42 Å². The van der Waals surface area contributed by atoms with Gasteiger partial charge in [0.05, 0.1) is 26.1 Å². The lowest BCUT2D eigenvalue weighted by Crippen LogP contribution is -2.67. The van der Waals surface area contributed by atoms with E-state index in [1.807, 2.05) is 24.3 Å². The van der Waals surface area contributed by atoms with Gasteiger partial charge in [0.2, 0.25) is 6.29 Å². The minimum absolute atomic E-state index is 0.00983. The van der Waals surface area contributed by atoms with Gasteiger partial charge < -0.3 is 43.4 Å². The number of aromatic hydroxyl groups is 1. The Balaban J connectivity index is 1.29. The second kappa shape index (κ2) is 11.6. The van der Waals surface area contributed by atoms with E-state index >= 15 is 0 Å². The van der Waals surface area contributed by atoms with Gasteiger partial charge in [-0.25, -0.2) is 0 Å². The van der Waals surface area contributed by atoms with Gasteiger partial charge in [-0.15, -0.1) is 0 Å². The fourth-order valence-electron chi connectivity index (χ4n) is 4.79. The summed E-state index contributed by atoms with van der Waals surface area (Å²) in [4.78, 5) is 13.2. The molecule has 5 atom stereocenters. The number of furan rings is 1. The van der Waals surface area contributed by atoms with Crippen LogP contribution in [0.4, 0.5) is 0 Å². The quantitative estimate of drug-likeness (QED) is 0.256. The molecule has 39 heavy (non-hydrogen) atoms. The summed E-state index contributed by atoms with van der Waals surface area (Å²) in [6.07, 6.45) is -5.96. The highest BCUT2D eigenvalue weighted by Gasteiger charge is 2.55. The van der Waals surface area contributed by atoms with Crippen molar-refractivity contribution in [1.29, 1.82) is 0 Å². The lowest BCUT2D eigenvalue weighted by atomic mass is 9.98. The minimum Gasteiger partial charge on any atom is -0.507 e. The van der Waals surface area contributed by atoms with Crippen LogP contribution in [0.3, 0.4) is 0 Å². The van der Waals surface area contributed by atoms with Crippen molar-refractivity contribution in [3.05, 3.63) is 59.9 Å². The zero-order valence-electron chi connectivity index (χ0n) is 21.6. The Hall–Kier alpha value is -3.03. The number of carbonyl (C=O) groups excluding carboxylic acids is 1. The van der Waals surface area contributed by atoms with Gasteiger partial charge in [-0.2, -0.15) is 0 Å². The van der Waals surface area contributed by atoms with Crippen molar-refractivity contribution >= 4 is 16.8 Å². The molecule has 0 spiro atoms. The number of ether oxygens (including phenoxy) is 6. The largest absolute Gasteiger partial charge is 0.507 e. The molecule has 3 N–H and O–H groups in total. The summed E-state index contributed by atoms with van der Waals surface area (Å²) in [5, 5.41) is 33.2. The first kappa shape index (κ1) is 27.5. The van der Waals surface area contributed by atoms with Crippen LogP contribution >= 0.6 is 0 Å². The summed E-state index contributed by atoms with van der Waals surface area (Å²) >= 11 is 0. The normalized spacial score (nSPS) is 26.3. The highest BCUT2D eigenvalue weighted by molar-refractivity contribution is 6.01. The maximum Gasteiger partial charge on any atom is 0.413 e. The summed E-state index contributed by atoms with van der Waals surface area (Å²) in [5.41, 5.74) is 1.65. The number of aliphatic hydroxyl groups is 2. The van der Waals surface area contributed by atoms with Gasteiger partial charge in [0.15, 0.2) is 5.78 Å². The molecule has 3 aromatic rings. The molecule has 0 radical (unpaired) electrons. The molecule has 2 saturated heterocycles. The van der Waals surface area contributed by atoms with Crippen LogP contribution in [0.25, 0.3) is 11.0 Å². The first-order chi connectivity index (χ1) is 18.8. The van der Waals surface area contributed by atoms with Crippen molar-refractivity contribution in [2.24, 2.45) is 0 Å². The number of ketones is 1. The fraction of sp³-hybridized carbons (Fsp3) is 0.464. The molecular weight excluding hydrogens is 512 g/mol. The lowest BCUT2D eigenvalue weighted by Gasteiger charge is -2.48. The third-order valence-corrected chi connectivity index (χ3v) is 6.67. The van der Waals surface area contributed by atoms with Crippen molar-refractivity contribution in [1.82, 2.24) is 0 Å². The first-order valence-corrected chi connectivity index (χ1v) is 12.9. The third-order valence-electron chi connectivity index (χ3n) is 6.67. The molecule has 210 valence electrons. The van der Waals surface area contributed by atoms with Crippen LogP contribution in [0.2, 0.25) is 0 Å². The highest BCUT2D eigenvalue weighted by atomic mass is 17.0. The second-order valence-corrected chi connectivity index (χ2v) is 9.27. The molecule has 11 heteroatoms. The van der Waals surface area contributed by atoms with Crippen molar-refractivity contribution < 1.29 is 53.0 Å². The summed E-state index contributed by atoms with van der Waals surface area (Å²) in [6, 6.07) is 11.9. The maximum atomic E-state index is 13.2. The summed E-state index contributed by atoms with van der Waals surface area (Å²) in [6.45, 7) is 3.82. The van der Waals surface area contributed by atoms with Crippen LogP contribution in [-0.2, 0) is 30.1 Å². The van der Waals surface area contributed by atoms with Gasteiger partial charge in [-0.3, -0.25) is 9.53 Å². The SMILES string of the molecule is CCOC1(OCC)OC[C@H]2O[C@@H](Oc3cccc(O)c3C(=O)CCc3ccc4occc4c3)[C@H](O)[C@@H](O)[C@@H]2O1. The molecule has 1 aromatic heterocycles. The predicted molar refractivity (Wildman–Crippen MR) is 135 cm³/mol. The van der Waals surface area contributed by atoms with Gasteiger partial charge in [0.25, 0.3) is 0 Å². The monoisotopic (exact) mass is 544 g/mol. The third kappa shape index (κ3) is 5.66. The van der Waals surface area contributed by atoms with Crippen molar-refractivity contribution in [3.8, 4) is 11.5 Å². The molecule has 2 fully saturated rings. The molecule has 2 aromatic carbocycles. The number of hydrogen-bond donors (Lipinski definition) is 3. The summed E-state index contributed by atoms with van der Waals surface area (Å²) in [7, 11) is 0. The molecule has 0 saturated carbocycles. The van der Waals surface area contributed by atoms with Crippen molar-refractivity contribution in [2.45, 2.75) is 63.6 Å². The molecule has 0 unspecified atom stereocenters. The molecule has 3 heterocycles. The Morgan fingerprint density at radius 2 is 1.87 bits per heavy atom. The van der Waals surface area contributed by atoms with Gasteiger partial charge >= 0.3 is 6.16 Å². The average molecular weight is 545 g/mol. The second-order valence-electron chi connectivity index (χ2n) is 9.27. The lowest BCUT2D eigenvalue weighted by molar-refractivity contribution is -0.543. The van der Waals surface area contributed by atoms with E-state index in [4.69, 9.17) is 32.8 Å². The number of aliphatic hydroxyl groups excluding tert-OH is 2. The molecule has 11 nitrogen and oxygen atoms in total. The zero-order valence-corrected chi connectivity index (χ0v) is 21.6. The average Bonchev–Trinajstić information content (AvgIpc) is 3.39. The van der Waals surface area contributed by atoms with E-state index in [-0.39, 0.29) is 49.1 Å². The first-order valence-electron chi connectivity index (χ1n) is 12.9. The summed E-state index contributed by atoms with van der Waals surface area (Å²) in [5.74, 6) is -0.619. The molecule has 0 bridgehead atoms. The Morgan fingerprint density at radius 1 is 1.08 bits per heavy atom. The predicted octanol–water partition coefficient (Wildman–Crippen LogP) is 2.88. The molecule has 0 aliphatic carbocycles. The van der Waals surface area contributed by atoms with Gasteiger partial charge in [-0.1, -0.05) is 12.1 Å². The molecule has 0 amide bonds. The van der Waals surface area contributed by atoms with Crippen LogP contribution in [0, 0.1) is 0 Å². The van der Waals surface area contributed by atoms with E-state index in [0.717, 1.165) is 16.5 Å². The Labute approximate surface area is 224 Å². The Kier molecular flexibility index (Phi) is 8.19. The van der Waals surface area contributed by atoms with E-state index in [1.54, 1.807) is 20.1 Å². The summed E-state index contributed by atoms with van der Waals surface area (Å²) < 4.78 is 39.4. The van der Waals surface area contributed by atoms with E-state index in [1.165, 1.54) is 18.2 Å². The maximum absolute atomic E-state index is 13.2. The number of rotatable bonds is 10. The van der Waals surface area contributed by atoms with Crippen molar-refractivity contribution in [3.63, 3.8) is 0 Å². The Morgan fingerprint density at radius 3 is 2.64 bits per heavy atom. The van der Waals surface area contributed by atoms with Gasteiger partial charge in [0.1, 0.15) is 47.1 Å². The number of aryl methyl sites for hydroxylation is 1.